The molecule has 29 heavy (non-hydrogen) atoms. The van der Waals surface area contributed by atoms with E-state index in [4.69, 9.17) is 4.74 Å². The molecule has 1 N–H and O–H groups in total. The first kappa shape index (κ1) is 18.6. The maximum Gasteiger partial charge on any atom is 0.100 e. The molecule has 152 valence electrons. The summed E-state index contributed by atoms with van der Waals surface area (Å²) in [6, 6.07) is 17.8. The van der Waals surface area contributed by atoms with Crippen molar-refractivity contribution in [2.75, 3.05) is 37.7 Å². The molecule has 2 aromatic carbocycles. The van der Waals surface area contributed by atoms with Crippen molar-refractivity contribution in [3.8, 4) is 5.69 Å². The van der Waals surface area contributed by atoms with Crippen molar-refractivity contribution in [3.63, 3.8) is 0 Å². The molecule has 5 rings (SSSR count). The summed E-state index contributed by atoms with van der Waals surface area (Å²) in [4.78, 5) is 7.02. The molecular weight excluding hydrogens is 360 g/mol. The van der Waals surface area contributed by atoms with Gasteiger partial charge in [-0.05, 0) is 74.5 Å². The molecule has 2 fully saturated rings. The monoisotopic (exact) mass is 390 g/mol. The Kier molecular flexibility index (Phi) is 5.50. The number of aromatic nitrogens is 2. The molecule has 2 aliphatic heterocycles. The summed E-state index contributed by atoms with van der Waals surface area (Å²) in [5.74, 6) is 0.800. The summed E-state index contributed by atoms with van der Waals surface area (Å²) in [7, 11) is 0. The minimum atomic E-state index is 0.658. The average molecular weight is 391 g/mol. The van der Waals surface area contributed by atoms with E-state index in [0.717, 1.165) is 55.5 Å². The lowest BCUT2D eigenvalue weighted by atomic mass is 9.98. The number of nitrogens with zero attached hydrogens (tertiary/aromatic N) is 3. The molecule has 0 aliphatic carbocycles. The van der Waals surface area contributed by atoms with E-state index in [-0.39, 0.29) is 0 Å². The molecule has 0 unspecified atom stereocenters. The van der Waals surface area contributed by atoms with E-state index in [1.807, 2.05) is 12.4 Å². The predicted octanol–water partition coefficient (Wildman–Crippen LogP) is 4.01. The van der Waals surface area contributed by atoms with Gasteiger partial charge in [0, 0.05) is 43.7 Å². The zero-order valence-corrected chi connectivity index (χ0v) is 17.0. The molecule has 0 radical (unpaired) electrons. The number of hydrogen-bond acceptors (Lipinski definition) is 4. The summed E-state index contributed by atoms with van der Waals surface area (Å²) >= 11 is 0. The van der Waals surface area contributed by atoms with Crippen LogP contribution in [0.15, 0.2) is 54.9 Å². The molecule has 3 aromatic rings. The van der Waals surface area contributed by atoms with Crippen LogP contribution in [0.3, 0.4) is 0 Å². The fourth-order valence-corrected chi connectivity index (χ4v) is 4.61. The number of ether oxygens (including phenoxy) is 1. The third kappa shape index (κ3) is 4.16. The molecule has 2 aliphatic rings. The van der Waals surface area contributed by atoms with Crippen LogP contribution in [0.1, 0.15) is 25.7 Å². The van der Waals surface area contributed by atoms with Crippen LogP contribution in [0, 0.1) is 5.92 Å². The van der Waals surface area contributed by atoms with E-state index in [9.17, 15) is 0 Å². The second-order valence-corrected chi connectivity index (χ2v) is 8.35. The predicted molar refractivity (Wildman–Crippen MR) is 118 cm³/mol. The zero-order valence-electron chi connectivity index (χ0n) is 17.0. The van der Waals surface area contributed by atoms with E-state index < -0.39 is 0 Å². The number of fused-ring (bicyclic) bond motifs is 1. The summed E-state index contributed by atoms with van der Waals surface area (Å²) in [5, 5.41) is 3.82. The first-order valence-electron chi connectivity index (χ1n) is 11.0. The minimum absolute atomic E-state index is 0.658. The lowest BCUT2D eigenvalue weighted by Crippen LogP contribution is -2.44. The van der Waals surface area contributed by atoms with Gasteiger partial charge in [-0.15, -0.1) is 0 Å². The Labute approximate surface area is 172 Å². The largest absolute Gasteiger partial charge is 0.381 e. The van der Waals surface area contributed by atoms with E-state index in [2.05, 4.69) is 62.2 Å². The highest BCUT2D eigenvalue weighted by molar-refractivity contribution is 5.77. The van der Waals surface area contributed by atoms with E-state index in [1.54, 1.807) is 0 Å². The highest BCUT2D eigenvalue weighted by Crippen LogP contribution is 2.24. The number of imidazole rings is 1. The Balaban J connectivity index is 1.17. The molecule has 0 atom stereocenters. The molecule has 0 spiro atoms. The fraction of sp³-hybridized carbons (Fsp3) is 0.458. The number of rotatable bonds is 5. The van der Waals surface area contributed by atoms with Crippen molar-refractivity contribution in [1.82, 2.24) is 14.9 Å². The van der Waals surface area contributed by atoms with Gasteiger partial charge in [0.1, 0.15) is 6.33 Å². The molecule has 0 amide bonds. The minimum Gasteiger partial charge on any atom is -0.381 e. The zero-order chi connectivity index (χ0) is 19.5. The maximum atomic E-state index is 5.47. The Morgan fingerprint density at radius 1 is 0.897 bits per heavy atom. The van der Waals surface area contributed by atoms with Gasteiger partial charge in [0.2, 0.25) is 0 Å². The van der Waals surface area contributed by atoms with Gasteiger partial charge in [-0.3, -0.25) is 4.57 Å². The number of piperidine rings is 1. The van der Waals surface area contributed by atoms with Gasteiger partial charge >= 0.3 is 0 Å². The van der Waals surface area contributed by atoms with Crippen molar-refractivity contribution >= 4 is 16.7 Å². The smallest absolute Gasteiger partial charge is 0.100 e. The lowest BCUT2D eigenvalue weighted by Gasteiger charge is -2.35. The fourth-order valence-electron chi connectivity index (χ4n) is 4.61. The summed E-state index contributed by atoms with van der Waals surface area (Å²) in [6.07, 6.45) is 6.78. The molecule has 0 bridgehead atoms. The summed E-state index contributed by atoms with van der Waals surface area (Å²) < 4.78 is 7.63. The maximum absolute atomic E-state index is 5.47. The standard InChI is InChI=1S/C24H30N4O/c1-2-4-24-23(3-1)26-18-28(24)22-7-5-21(6-8-22)27-13-9-20(10-14-27)25-17-19-11-15-29-16-12-19/h1-8,18-20,25H,9-17H2. The molecule has 0 saturated carbocycles. The normalized spacial score (nSPS) is 19.1. The molecule has 1 aromatic heterocycles. The number of nitrogens with one attached hydrogen (secondary N) is 1. The van der Waals surface area contributed by atoms with E-state index >= 15 is 0 Å². The quantitative estimate of drug-likeness (QED) is 0.715. The second-order valence-electron chi connectivity index (χ2n) is 8.35. The van der Waals surface area contributed by atoms with Gasteiger partial charge in [0.15, 0.2) is 0 Å². The number of hydrogen-bond donors (Lipinski definition) is 1. The van der Waals surface area contributed by atoms with Crippen molar-refractivity contribution < 1.29 is 4.74 Å². The summed E-state index contributed by atoms with van der Waals surface area (Å²) in [6.45, 7) is 5.28. The Morgan fingerprint density at radius 3 is 2.41 bits per heavy atom. The van der Waals surface area contributed by atoms with Crippen LogP contribution in [-0.2, 0) is 4.74 Å². The summed E-state index contributed by atoms with van der Waals surface area (Å²) in [5.41, 5.74) is 4.67. The van der Waals surface area contributed by atoms with Crippen molar-refractivity contribution in [2.45, 2.75) is 31.7 Å². The van der Waals surface area contributed by atoms with Crippen LogP contribution in [0.25, 0.3) is 16.7 Å². The topological polar surface area (TPSA) is 42.3 Å². The number of para-hydroxylation sites is 2. The van der Waals surface area contributed by atoms with Gasteiger partial charge in [0.25, 0.3) is 0 Å². The van der Waals surface area contributed by atoms with Crippen LogP contribution in [-0.4, -0.2) is 48.4 Å². The Bertz CT molecular complexity index is 921. The molecular formula is C24H30N4O. The van der Waals surface area contributed by atoms with Crippen molar-refractivity contribution in [3.05, 3.63) is 54.9 Å². The van der Waals surface area contributed by atoms with Crippen LogP contribution in [0.4, 0.5) is 5.69 Å². The SMILES string of the molecule is c1ccc2c(c1)ncn2-c1ccc(N2CCC(NCC3CCOCC3)CC2)cc1. The molecule has 5 nitrogen and oxygen atoms in total. The second kappa shape index (κ2) is 8.56. The third-order valence-electron chi connectivity index (χ3n) is 6.48. The Morgan fingerprint density at radius 2 is 1.62 bits per heavy atom. The third-order valence-corrected chi connectivity index (χ3v) is 6.48. The van der Waals surface area contributed by atoms with E-state index in [0.29, 0.717) is 6.04 Å². The van der Waals surface area contributed by atoms with Crippen molar-refractivity contribution in [2.24, 2.45) is 5.92 Å². The van der Waals surface area contributed by atoms with E-state index in [1.165, 1.54) is 31.4 Å². The van der Waals surface area contributed by atoms with Crippen LogP contribution in [0.2, 0.25) is 0 Å². The van der Waals surface area contributed by atoms with Crippen LogP contribution < -0.4 is 10.2 Å². The van der Waals surface area contributed by atoms with Gasteiger partial charge in [-0.25, -0.2) is 4.98 Å². The lowest BCUT2D eigenvalue weighted by molar-refractivity contribution is 0.0651. The highest BCUT2D eigenvalue weighted by atomic mass is 16.5. The molecule has 2 saturated heterocycles. The van der Waals surface area contributed by atoms with Gasteiger partial charge < -0.3 is 15.0 Å². The van der Waals surface area contributed by atoms with Crippen LogP contribution >= 0.6 is 0 Å². The average Bonchev–Trinajstić information content (AvgIpc) is 3.23. The number of anilines is 1. The Hall–Kier alpha value is -2.37. The van der Waals surface area contributed by atoms with Gasteiger partial charge in [0.05, 0.1) is 11.0 Å². The number of benzene rings is 2. The first-order chi connectivity index (χ1) is 14.4. The molecule has 5 heteroatoms. The van der Waals surface area contributed by atoms with Gasteiger partial charge in [-0.1, -0.05) is 12.1 Å². The van der Waals surface area contributed by atoms with Crippen LogP contribution in [0.5, 0.6) is 0 Å². The molecule has 3 heterocycles. The highest BCUT2D eigenvalue weighted by Gasteiger charge is 2.21. The van der Waals surface area contributed by atoms with Gasteiger partial charge in [-0.2, -0.15) is 0 Å². The first-order valence-corrected chi connectivity index (χ1v) is 11.0. The van der Waals surface area contributed by atoms with Crippen molar-refractivity contribution in [1.29, 1.82) is 0 Å².